The Morgan fingerprint density at radius 2 is 2.00 bits per heavy atom. The van der Waals surface area contributed by atoms with E-state index in [0.717, 1.165) is 36.1 Å². The zero-order chi connectivity index (χ0) is 17.5. The Morgan fingerprint density at radius 3 is 2.62 bits per heavy atom. The summed E-state index contributed by atoms with van der Waals surface area (Å²) in [5.74, 6) is 0.446. The lowest BCUT2D eigenvalue weighted by molar-refractivity contribution is 0.0205. The molecule has 0 aliphatic carbocycles. The smallest absolute Gasteiger partial charge is 0.410 e. The maximum absolute atomic E-state index is 12.2. The highest BCUT2D eigenvalue weighted by Gasteiger charge is 2.29. The van der Waals surface area contributed by atoms with Crippen LogP contribution in [0.15, 0.2) is 6.07 Å². The molecule has 0 aromatic carbocycles. The van der Waals surface area contributed by atoms with Crippen LogP contribution < -0.4 is 0 Å². The molecule has 0 N–H and O–H groups in total. The second-order valence-electron chi connectivity index (χ2n) is 7.22. The molecule has 1 aliphatic rings. The van der Waals surface area contributed by atoms with Gasteiger partial charge in [-0.25, -0.2) is 4.79 Å². The van der Waals surface area contributed by atoms with Gasteiger partial charge in [0.05, 0.1) is 0 Å². The van der Waals surface area contributed by atoms with Gasteiger partial charge in [-0.15, -0.1) is 21.5 Å². The number of hydrogen-bond acceptors (Lipinski definition) is 5. The SMILES string of the molecule is Cc1c(C2CCN(C(=O)OC(C)(C)C)CC2)sc2nnc(Cl)cc12. The number of fused-ring (bicyclic) bond motifs is 1. The molecular formula is C17H22ClN3O2S. The maximum atomic E-state index is 12.2. The van der Waals surface area contributed by atoms with Gasteiger partial charge in [-0.3, -0.25) is 0 Å². The van der Waals surface area contributed by atoms with E-state index < -0.39 is 5.60 Å². The van der Waals surface area contributed by atoms with E-state index in [4.69, 9.17) is 16.3 Å². The second kappa shape index (κ2) is 6.48. The zero-order valence-electron chi connectivity index (χ0n) is 14.4. The first-order valence-electron chi connectivity index (χ1n) is 8.15. The second-order valence-corrected chi connectivity index (χ2v) is 8.64. The molecule has 0 unspecified atom stereocenters. The van der Waals surface area contributed by atoms with E-state index in [1.54, 1.807) is 16.2 Å². The highest BCUT2D eigenvalue weighted by Crippen LogP contribution is 2.39. The fraction of sp³-hybridized carbons (Fsp3) is 0.588. The number of aromatic nitrogens is 2. The number of piperidine rings is 1. The van der Waals surface area contributed by atoms with Gasteiger partial charge < -0.3 is 9.64 Å². The number of likely N-dealkylation sites (tertiary alicyclic amines) is 1. The number of rotatable bonds is 1. The predicted octanol–water partition coefficient (Wildman–Crippen LogP) is 4.77. The molecule has 24 heavy (non-hydrogen) atoms. The summed E-state index contributed by atoms with van der Waals surface area (Å²) in [5.41, 5.74) is 0.788. The van der Waals surface area contributed by atoms with Crippen molar-refractivity contribution in [2.24, 2.45) is 0 Å². The molecule has 130 valence electrons. The number of amides is 1. The molecular weight excluding hydrogens is 346 g/mol. The average molecular weight is 368 g/mol. The van der Waals surface area contributed by atoms with Gasteiger partial charge in [0.2, 0.25) is 0 Å². The van der Waals surface area contributed by atoms with E-state index in [-0.39, 0.29) is 6.09 Å². The fourth-order valence-corrected chi connectivity index (χ4v) is 4.48. The van der Waals surface area contributed by atoms with E-state index in [1.165, 1.54) is 10.4 Å². The third-order valence-corrected chi connectivity index (χ3v) is 5.77. The molecule has 0 saturated carbocycles. The van der Waals surface area contributed by atoms with Crippen molar-refractivity contribution in [1.82, 2.24) is 15.1 Å². The number of hydrogen-bond donors (Lipinski definition) is 0. The topological polar surface area (TPSA) is 55.3 Å². The normalized spacial score (nSPS) is 16.6. The highest BCUT2D eigenvalue weighted by molar-refractivity contribution is 7.18. The Hall–Kier alpha value is -1.40. The lowest BCUT2D eigenvalue weighted by Crippen LogP contribution is -2.41. The summed E-state index contributed by atoms with van der Waals surface area (Å²) in [4.78, 5) is 16.3. The first-order chi connectivity index (χ1) is 11.2. The molecule has 1 aliphatic heterocycles. The summed E-state index contributed by atoms with van der Waals surface area (Å²) in [6, 6.07) is 1.88. The number of halogens is 1. The van der Waals surface area contributed by atoms with Crippen molar-refractivity contribution in [2.45, 2.75) is 52.1 Å². The van der Waals surface area contributed by atoms with Crippen LogP contribution >= 0.6 is 22.9 Å². The molecule has 1 amide bonds. The van der Waals surface area contributed by atoms with Gasteiger partial charge in [0.25, 0.3) is 0 Å². The molecule has 7 heteroatoms. The lowest BCUT2D eigenvalue weighted by Gasteiger charge is -2.33. The van der Waals surface area contributed by atoms with Crippen LogP contribution in [-0.4, -0.2) is 39.9 Å². The van der Waals surface area contributed by atoms with Gasteiger partial charge in [0, 0.05) is 23.4 Å². The first kappa shape index (κ1) is 17.4. The molecule has 0 radical (unpaired) electrons. The molecule has 0 spiro atoms. The Labute approximate surface area is 151 Å². The minimum atomic E-state index is -0.450. The van der Waals surface area contributed by atoms with E-state index in [2.05, 4.69) is 17.1 Å². The van der Waals surface area contributed by atoms with Crippen molar-refractivity contribution < 1.29 is 9.53 Å². The molecule has 0 bridgehead atoms. The molecule has 2 aromatic heterocycles. The number of ether oxygens (including phenoxy) is 1. The Morgan fingerprint density at radius 1 is 1.33 bits per heavy atom. The van der Waals surface area contributed by atoms with Gasteiger partial charge in [-0.2, -0.15) is 0 Å². The van der Waals surface area contributed by atoms with Crippen molar-refractivity contribution in [3.8, 4) is 0 Å². The summed E-state index contributed by atoms with van der Waals surface area (Å²) in [5, 5.41) is 9.64. The van der Waals surface area contributed by atoms with Crippen LogP contribution in [-0.2, 0) is 4.74 Å². The summed E-state index contributed by atoms with van der Waals surface area (Å²) < 4.78 is 5.46. The number of aryl methyl sites for hydroxylation is 1. The van der Waals surface area contributed by atoms with Crippen molar-refractivity contribution >= 4 is 39.2 Å². The zero-order valence-corrected chi connectivity index (χ0v) is 16.0. The number of thiophene rings is 1. The van der Waals surface area contributed by atoms with Gasteiger partial charge in [0.1, 0.15) is 10.4 Å². The molecule has 3 rings (SSSR count). The first-order valence-corrected chi connectivity index (χ1v) is 9.34. The largest absolute Gasteiger partial charge is 0.444 e. The summed E-state index contributed by atoms with van der Waals surface area (Å²) >= 11 is 7.66. The van der Waals surface area contributed by atoms with Crippen molar-refractivity contribution in [2.75, 3.05) is 13.1 Å². The Kier molecular flexibility index (Phi) is 4.71. The van der Waals surface area contributed by atoms with Gasteiger partial charge >= 0.3 is 6.09 Å². The number of nitrogens with zero attached hydrogens (tertiary/aromatic N) is 3. The van der Waals surface area contributed by atoms with Crippen LogP contribution in [0.5, 0.6) is 0 Å². The van der Waals surface area contributed by atoms with Crippen LogP contribution in [0.1, 0.15) is 50.0 Å². The lowest BCUT2D eigenvalue weighted by atomic mass is 9.93. The van der Waals surface area contributed by atoms with E-state index >= 15 is 0 Å². The van der Waals surface area contributed by atoms with E-state index in [9.17, 15) is 4.79 Å². The van der Waals surface area contributed by atoms with Crippen molar-refractivity contribution in [1.29, 1.82) is 0 Å². The molecule has 5 nitrogen and oxygen atoms in total. The number of carbonyl (C=O) groups excluding carboxylic acids is 1. The summed E-state index contributed by atoms with van der Waals surface area (Å²) in [6.45, 7) is 9.24. The minimum Gasteiger partial charge on any atom is -0.444 e. The van der Waals surface area contributed by atoms with Crippen LogP contribution in [0.2, 0.25) is 5.15 Å². The monoisotopic (exact) mass is 367 g/mol. The van der Waals surface area contributed by atoms with Crippen LogP contribution in [0, 0.1) is 6.92 Å². The minimum absolute atomic E-state index is 0.216. The standard InChI is InChI=1S/C17H22ClN3O2S/c1-10-12-9-13(18)19-20-15(12)24-14(10)11-5-7-21(8-6-11)16(22)23-17(2,3)4/h9,11H,5-8H2,1-4H3. The fourth-order valence-electron chi connectivity index (χ4n) is 3.05. The average Bonchev–Trinajstić information content (AvgIpc) is 2.83. The van der Waals surface area contributed by atoms with E-state index in [1.807, 2.05) is 26.8 Å². The van der Waals surface area contributed by atoms with Gasteiger partial charge in [-0.1, -0.05) is 11.6 Å². The predicted molar refractivity (Wildman–Crippen MR) is 96.9 cm³/mol. The van der Waals surface area contributed by atoms with Crippen molar-refractivity contribution in [3.63, 3.8) is 0 Å². The third-order valence-electron chi connectivity index (χ3n) is 4.23. The Balaban J connectivity index is 1.71. The molecule has 0 atom stereocenters. The highest BCUT2D eigenvalue weighted by atomic mass is 35.5. The molecule has 2 aromatic rings. The van der Waals surface area contributed by atoms with Gasteiger partial charge in [-0.05, 0) is 58.1 Å². The van der Waals surface area contributed by atoms with Crippen molar-refractivity contribution in [3.05, 3.63) is 21.7 Å². The summed E-state index contributed by atoms with van der Waals surface area (Å²) in [7, 11) is 0. The third kappa shape index (κ3) is 3.64. The van der Waals surface area contributed by atoms with Crippen LogP contribution in [0.3, 0.4) is 0 Å². The van der Waals surface area contributed by atoms with Crippen LogP contribution in [0.25, 0.3) is 10.2 Å². The Bertz CT molecular complexity index is 761. The molecule has 1 fully saturated rings. The van der Waals surface area contributed by atoms with Crippen LogP contribution in [0.4, 0.5) is 4.79 Å². The van der Waals surface area contributed by atoms with E-state index in [0.29, 0.717) is 11.1 Å². The summed E-state index contributed by atoms with van der Waals surface area (Å²) in [6.07, 6.45) is 1.66. The maximum Gasteiger partial charge on any atom is 0.410 e. The van der Waals surface area contributed by atoms with Gasteiger partial charge in [0.15, 0.2) is 5.15 Å². The molecule has 3 heterocycles. The quantitative estimate of drug-likeness (QED) is 0.728. The molecule has 1 saturated heterocycles. The number of carbonyl (C=O) groups is 1.